The number of carbonyl (C=O) groups is 2. The number of carbonyl (C=O) groups excluding carboxylic acids is 2. The Balaban J connectivity index is 1.58. The highest BCUT2D eigenvalue weighted by Crippen LogP contribution is 2.28. The first kappa shape index (κ1) is 20.8. The first-order valence-electron chi connectivity index (χ1n) is 9.72. The van der Waals surface area contributed by atoms with E-state index in [9.17, 15) is 14.0 Å². The second kappa shape index (κ2) is 9.07. The zero-order chi connectivity index (χ0) is 21.0. The molecule has 0 N–H and O–H groups in total. The molecule has 29 heavy (non-hydrogen) atoms. The fraction of sp³-hybridized carbons (Fsp3) is 0.391. The highest BCUT2D eigenvalue weighted by Gasteiger charge is 2.28. The average molecular weight is 399 g/mol. The van der Waals surface area contributed by atoms with Crippen molar-refractivity contribution < 1.29 is 23.5 Å². The second-order valence-electron chi connectivity index (χ2n) is 7.35. The maximum absolute atomic E-state index is 13.4. The van der Waals surface area contributed by atoms with E-state index in [1.807, 2.05) is 12.1 Å². The largest absolute Gasteiger partial charge is 0.493 e. The van der Waals surface area contributed by atoms with Crippen LogP contribution in [0.3, 0.4) is 0 Å². The van der Waals surface area contributed by atoms with Gasteiger partial charge in [0.2, 0.25) is 5.91 Å². The van der Waals surface area contributed by atoms with Crippen molar-refractivity contribution in [2.75, 3.05) is 27.3 Å². The molecule has 6 heteroatoms. The molecule has 0 bridgehead atoms. The van der Waals surface area contributed by atoms with Gasteiger partial charge in [0.1, 0.15) is 5.82 Å². The fourth-order valence-corrected chi connectivity index (χ4v) is 3.70. The molecule has 0 saturated carbocycles. The third-order valence-electron chi connectivity index (χ3n) is 5.46. The lowest BCUT2D eigenvalue weighted by molar-refractivity contribution is -0.131. The molecular formula is C23H26FNO4. The molecule has 0 radical (unpaired) electrons. The molecule has 1 amide bonds. The molecule has 5 nitrogen and oxygen atoms in total. The van der Waals surface area contributed by atoms with Crippen LogP contribution in [-0.2, 0) is 11.2 Å². The summed E-state index contributed by atoms with van der Waals surface area (Å²) in [4.78, 5) is 27.2. The Labute approximate surface area is 170 Å². The molecule has 1 saturated heterocycles. The summed E-state index contributed by atoms with van der Waals surface area (Å²) >= 11 is 0. The number of hydrogen-bond acceptors (Lipinski definition) is 4. The van der Waals surface area contributed by atoms with Crippen molar-refractivity contribution in [2.24, 2.45) is 5.92 Å². The van der Waals surface area contributed by atoms with Crippen LogP contribution in [0.15, 0.2) is 36.4 Å². The monoisotopic (exact) mass is 399 g/mol. The first-order valence-corrected chi connectivity index (χ1v) is 9.72. The van der Waals surface area contributed by atoms with Crippen LogP contribution < -0.4 is 9.47 Å². The van der Waals surface area contributed by atoms with Gasteiger partial charge in [-0.1, -0.05) is 6.07 Å². The topological polar surface area (TPSA) is 55.8 Å². The number of amides is 1. The fourth-order valence-electron chi connectivity index (χ4n) is 3.70. The number of halogens is 1. The van der Waals surface area contributed by atoms with Crippen molar-refractivity contribution in [1.29, 1.82) is 0 Å². The van der Waals surface area contributed by atoms with Gasteiger partial charge in [0.15, 0.2) is 17.3 Å². The quantitative estimate of drug-likeness (QED) is 0.693. The van der Waals surface area contributed by atoms with E-state index in [0.29, 0.717) is 48.6 Å². The van der Waals surface area contributed by atoms with Crippen LogP contribution in [0.4, 0.5) is 4.39 Å². The lowest BCUT2D eigenvalue weighted by Gasteiger charge is -2.31. The lowest BCUT2D eigenvalue weighted by Crippen LogP contribution is -2.41. The van der Waals surface area contributed by atoms with Crippen molar-refractivity contribution >= 4 is 11.7 Å². The average Bonchev–Trinajstić information content (AvgIpc) is 2.75. The van der Waals surface area contributed by atoms with Crippen molar-refractivity contribution in [3.05, 3.63) is 58.9 Å². The summed E-state index contributed by atoms with van der Waals surface area (Å²) in [6, 6.07) is 9.93. The van der Waals surface area contributed by atoms with Crippen molar-refractivity contribution in [3.8, 4) is 11.5 Å². The van der Waals surface area contributed by atoms with Gasteiger partial charge in [0.25, 0.3) is 0 Å². The summed E-state index contributed by atoms with van der Waals surface area (Å²) in [5.41, 5.74) is 1.87. The molecule has 0 spiro atoms. The van der Waals surface area contributed by atoms with E-state index < -0.39 is 0 Å². The van der Waals surface area contributed by atoms with E-state index in [1.54, 1.807) is 44.2 Å². The van der Waals surface area contributed by atoms with Crippen molar-refractivity contribution in [1.82, 2.24) is 4.90 Å². The number of piperidine rings is 1. The molecule has 1 aliphatic rings. The Hall–Kier alpha value is -2.89. The Morgan fingerprint density at radius 2 is 1.72 bits per heavy atom. The van der Waals surface area contributed by atoms with Crippen LogP contribution in [0.2, 0.25) is 0 Å². The zero-order valence-electron chi connectivity index (χ0n) is 17.0. The summed E-state index contributed by atoms with van der Waals surface area (Å²) < 4.78 is 24.0. The smallest absolute Gasteiger partial charge is 0.226 e. The van der Waals surface area contributed by atoms with E-state index >= 15 is 0 Å². The molecular weight excluding hydrogens is 373 g/mol. The molecule has 0 aromatic heterocycles. The van der Waals surface area contributed by atoms with E-state index in [2.05, 4.69) is 0 Å². The standard InChI is InChI=1S/C23H26FNO4/c1-15-12-18(5-6-19(15)24)23(27)17-8-10-25(11-9-17)22(26)14-16-4-7-20(28-2)21(13-16)29-3/h4-7,12-13,17H,8-11,14H2,1-3H3. The molecule has 2 aromatic carbocycles. The minimum Gasteiger partial charge on any atom is -0.493 e. The molecule has 1 fully saturated rings. The van der Waals surface area contributed by atoms with E-state index in [4.69, 9.17) is 9.47 Å². The predicted octanol–water partition coefficient (Wildman–Crippen LogP) is 3.82. The van der Waals surface area contributed by atoms with Crippen LogP contribution in [-0.4, -0.2) is 43.9 Å². The molecule has 0 aliphatic carbocycles. The van der Waals surface area contributed by atoms with Gasteiger partial charge in [0.05, 0.1) is 20.6 Å². The van der Waals surface area contributed by atoms with Gasteiger partial charge in [-0.2, -0.15) is 0 Å². The highest BCUT2D eigenvalue weighted by molar-refractivity contribution is 5.98. The van der Waals surface area contributed by atoms with Gasteiger partial charge in [-0.25, -0.2) is 4.39 Å². The van der Waals surface area contributed by atoms with Gasteiger partial charge in [-0.15, -0.1) is 0 Å². The normalized spacial score (nSPS) is 14.6. The Morgan fingerprint density at radius 1 is 1.03 bits per heavy atom. The second-order valence-corrected chi connectivity index (χ2v) is 7.35. The molecule has 2 aromatic rings. The number of benzene rings is 2. The molecule has 0 unspecified atom stereocenters. The Morgan fingerprint density at radius 3 is 2.34 bits per heavy atom. The minimum atomic E-state index is -0.308. The third-order valence-corrected chi connectivity index (χ3v) is 5.46. The number of ether oxygens (including phenoxy) is 2. The number of Topliss-reactive ketones (excluding diaryl/α,β-unsaturated/α-hetero) is 1. The number of hydrogen-bond donors (Lipinski definition) is 0. The highest BCUT2D eigenvalue weighted by atomic mass is 19.1. The minimum absolute atomic E-state index is 0.0279. The summed E-state index contributed by atoms with van der Waals surface area (Å²) in [5.74, 6) is 0.832. The van der Waals surface area contributed by atoms with E-state index in [1.165, 1.54) is 6.07 Å². The van der Waals surface area contributed by atoms with Crippen LogP contribution in [0.5, 0.6) is 11.5 Å². The number of nitrogens with zero attached hydrogens (tertiary/aromatic N) is 1. The summed E-state index contributed by atoms with van der Waals surface area (Å²) in [6.45, 7) is 2.74. The summed E-state index contributed by atoms with van der Waals surface area (Å²) in [5, 5.41) is 0. The summed E-state index contributed by atoms with van der Waals surface area (Å²) in [6.07, 6.45) is 1.51. The van der Waals surface area contributed by atoms with E-state index in [0.717, 1.165) is 5.56 Å². The molecule has 0 atom stereocenters. The molecule has 1 aliphatic heterocycles. The first-order chi connectivity index (χ1) is 13.9. The van der Waals surface area contributed by atoms with E-state index in [-0.39, 0.29) is 29.8 Å². The SMILES string of the molecule is COc1ccc(CC(=O)N2CCC(C(=O)c3ccc(F)c(C)c3)CC2)cc1OC. The van der Waals surface area contributed by atoms with Gasteiger partial charge >= 0.3 is 0 Å². The van der Waals surface area contributed by atoms with Gasteiger partial charge in [0, 0.05) is 24.6 Å². The third kappa shape index (κ3) is 4.75. The van der Waals surface area contributed by atoms with Crippen LogP contribution in [0.25, 0.3) is 0 Å². The van der Waals surface area contributed by atoms with Crippen molar-refractivity contribution in [3.63, 3.8) is 0 Å². The van der Waals surface area contributed by atoms with Crippen LogP contribution in [0.1, 0.15) is 34.3 Å². The van der Waals surface area contributed by atoms with Gasteiger partial charge in [-0.3, -0.25) is 9.59 Å². The molecule has 1 heterocycles. The molecule has 3 rings (SSSR count). The van der Waals surface area contributed by atoms with Crippen LogP contribution >= 0.6 is 0 Å². The number of aryl methyl sites for hydroxylation is 1. The number of ketones is 1. The van der Waals surface area contributed by atoms with Crippen LogP contribution in [0, 0.1) is 18.7 Å². The lowest BCUT2D eigenvalue weighted by atomic mass is 9.88. The van der Waals surface area contributed by atoms with Gasteiger partial charge < -0.3 is 14.4 Å². The van der Waals surface area contributed by atoms with Crippen molar-refractivity contribution in [2.45, 2.75) is 26.2 Å². The number of methoxy groups -OCH3 is 2. The summed E-state index contributed by atoms with van der Waals surface area (Å²) in [7, 11) is 3.13. The Kier molecular flexibility index (Phi) is 6.52. The number of likely N-dealkylation sites (tertiary alicyclic amines) is 1. The predicted molar refractivity (Wildman–Crippen MR) is 108 cm³/mol. The van der Waals surface area contributed by atoms with Gasteiger partial charge in [-0.05, 0) is 61.2 Å². The maximum atomic E-state index is 13.4. The zero-order valence-corrected chi connectivity index (χ0v) is 17.0. The number of rotatable bonds is 6. The molecule has 154 valence electrons. The Bertz CT molecular complexity index is 904. The maximum Gasteiger partial charge on any atom is 0.226 e.